The van der Waals surface area contributed by atoms with E-state index in [-0.39, 0.29) is 24.0 Å². The Morgan fingerprint density at radius 1 is 0.864 bits per heavy atom. The molecule has 0 spiro atoms. The lowest BCUT2D eigenvalue weighted by Crippen LogP contribution is -2.24. The molecule has 1 heterocycles. The molecule has 0 aromatic heterocycles. The van der Waals surface area contributed by atoms with E-state index in [0.29, 0.717) is 23.0 Å². The average molecular weight is 302 g/mol. The molecule has 3 rings (SSSR count). The van der Waals surface area contributed by atoms with Crippen LogP contribution in [0, 0.1) is 0 Å². The summed E-state index contributed by atoms with van der Waals surface area (Å²) in [6.45, 7) is 0. The van der Waals surface area contributed by atoms with Gasteiger partial charge in [0, 0.05) is 12.8 Å². The summed E-state index contributed by atoms with van der Waals surface area (Å²) in [6.07, 6.45) is 0.252. The second kappa shape index (κ2) is 5.55. The minimum Gasteiger partial charge on any atom is -0.466 e. The smallest absolute Gasteiger partial charge is 0.334 e. The fraction of sp³-hybridized carbons (Fsp3) is 0.250. The zero-order valence-corrected chi connectivity index (χ0v) is 12.2. The Bertz CT molecular complexity index is 654. The van der Waals surface area contributed by atoms with Gasteiger partial charge in [0.25, 0.3) is 0 Å². The third-order valence-electron chi connectivity index (χ3n) is 3.53. The molecule has 2 aliphatic rings. The molecule has 0 fully saturated rings. The van der Waals surface area contributed by atoms with Crippen LogP contribution in [-0.4, -0.2) is 26.2 Å². The predicted octanol–water partition coefficient (Wildman–Crippen LogP) is 2.11. The van der Waals surface area contributed by atoms with Crippen LogP contribution in [0.2, 0.25) is 0 Å². The standard InChI is InChI=1S/C16H14O6/c1-19-15(17)9-7-13-14(8-10(9)16(18)20-2)22-12-6-4-3-5-11(12)21-13/h3-6H,7-8H2,1-2H3. The summed E-state index contributed by atoms with van der Waals surface area (Å²) >= 11 is 0. The molecule has 0 saturated heterocycles. The number of ether oxygens (including phenoxy) is 4. The number of hydrogen-bond donors (Lipinski definition) is 0. The number of methoxy groups -OCH3 is 2. The molecule has 0 N–H and O–H groups in total. The lowest BCUT2D eigenvalue weighted by atomic mass is 9.93. The number of carbonyl (C=O) groups is 2. The monoisotopic (exact) mass is 302 g/mol. The van der Waals surface area contributed by atoms with Crippen molar-refractivity contribution in [1.82, 2.24) is 0 Å². The SMILES string of the molecule is COC(=O)C1=C(C(=O)OC)CC2=C(C1)Oc1ccccc1O2. The molecule has 0 atom stereocenters. The van der Waals surface area contributed by atoms with E-state index >= 15 is 0 Å². The predicted molar refractivity (Wildman–Crippen MR) is 75.0 cm³/mol. The van der Waals surface area contributed by atoms with Gasteiger partial charge in [-0.1, -0.05) is 12.1 Å². The van der Waals surface area contributed by atoms with Gasteiger partial charge in [0.05, 0.1) is 25.4 Å². The number of benzene rings is 1. The Morgan fingerprint density at radius 3 is 1.64 bits per heavy atom. The molecular formula is C16H14O6. The minimum absolute atomic E-state index is 0.126. The number of rotatable bonds is 2. The fourth-order valence-electron chi connectivity index (χ4n) is 2.44. The lowest BCUT2D eigenvalue weighted by Gasteiger charge is -2.28. The van der Waals surface area contributed by atoms with Crippen LogP contribution in [0.25, 0.3) is 0 Å². The minimum atomic E-state index is -0.575. The van der Waals surface area contributed by atoms with E-state index in [1.165, 1.54) is 14.2 Å². The van der Waals surface area contributed by atoms with Crippen molar-refractivity contribution in [2.24, 2.45) is 0 Å². The molecule has 6 nitrogen and oxygen atoms in total. The van der Waals surface area contributed by atoms with E-state index in [0.717, 1.165) is 0 Å². The number of carbonyl (C=O) groups excluding carboxylic acids is 2. The van der Waals surface area contributed by atoms with E-state index in [9.17, 15) is 9.59 Å². The third kappa shape index (κ3) is 2.32. The number of hydrogen-bond acceptors (Lipinski definition) is 6. The molecule has 1 aromatic rings. The van der Waals surface area contributed by atoms with Gasteiger partial charge in [-0.15, -0.1) is 0 Å². The molecule has 0 unspecified atom stereocenters. The van der Waals surface area contributed by atoms with Crippen LogP contribution in [0.5, 0.6) is 11.5 Å². The highest BCUT2D eigenvalue weighted by atomic mass is 16.6. The molecule has 0 amide bonds. The van der Waals surface area contributed by atoms with E-state index in [1.807, 2.05) is 12.1 Å². The highest BCUT2D eigenvalue weighted by molar-refractivity contribution is 6.01. The van der Waals surface area contributed by atoms with Gasteiger partial charge < -0.3 is 18.9 Å². The number of allylic oxidation sites excluding steroid dienone is 2. The molecule has 0 bridgehead atoms. The Balaban J connectivity index is 1.95. The van der Waals surface area contributed by atoms with Crippen molar-refractivity contribution in [2.45, 2.75) is 12.8 Å². The lowest BCUT2D eigenvalue weighted by molar-refractivity contribution is -0.139. The van der Waals surface area contributed by atoms with Crippen molar-refractivity contribution >= 4 is 11.9 Å². The van der Waals surface area contributed by atoms with Crippen molar-refractivity contribution in [2.75, 3.05) is 14.2 Å². The van der Waals surface area contributed by atoms with Crippen molar-refractivity contribution < 1.29 is 28.5 Å². The summed E-state index contributed by atoms with van der Waals surface area (Å²) in [5.41, 5.74) is 0.465. The summed E-state index contributed by atoms with van der Waals surface area (Å²) in [4.78, 5) is 23.8. The molecule has 114 valence electrons. The first-order valence-electron chi connectivity index (χ1n) is 6.69. The van der Waals surface area contributed by atoms with Crippen molar-refractivity contribution in [1.29, 1.82) is 0 Å². The molecule has 1 aliphatic heterocycles. The zero-order valence-electron chi connectivity index (χ0n) is 12.2. The zero-order chi connectivity index (χ0) is 15.7. The fourth-order valence-corrected chi connectivity index (χ4v) is 2.44. The Hall–Kier alpha value is -2.76. The average Bonchev–Trinajstić information content (AvgIpc) is 2.57. The normalized spacial score (nSPS) is 16.1. The van der Waals surface area contributed by atoms with Crippen molar-refractivity contribution in [3.05, 3.63) is 46.9 Å². The summed E-state index contributed by atoms with van der Waals surface area (Å²) < 4.78 is 21.0. The maximum atomic E-state index is 11.9. The first kappa shape index (κ1) is 14.2. The van der Waals surface area contributed by atoms with Crippen LogP contribution in [0.15, 0.2) is 46.9 Å². The van der Waals surface area contributed by atoms with Gasteiger partial charge in [0.2, 0.25) is 0 Å². The summed E-state index contributed by atoms with van der Waals surface area (Å²) in [7, 11) is 2.53. The second-order valence-electron chi connectivity index (χ2n) is 4.79. The first-order chi connectivity index (χ1) is 10.6. The third-order valence-corrected chi connectivity index (χ3v) is 3.53. The maximum absolute atomic E-state index is 11.9. The molecule has 22 heavy (non-hydrogen) atoms. The highest BCUT2D eigenvalue weighted by Gasteiger charge is 2.34. The Kier molecular flexibility index (Phi) is 3.58. The summed E-state index contributed by atoms with van der Waals surface area (Å²) in [6, 6.07) is 7.20. The van der Waals surface area contributed by atoms with E-state index in [1.54, 1.807) is 12.1 Å². The van der Waals surface area contributed by atoms with Gasteiger partial charge in [-0.25, -0.2) is 9.59 Å². The van der Waals surface area contributed by atoms with Crippen LogP contribution >= 0.6 is 0 Å². The van der Waals surface area contributed by atoms with Gasteiger partial charge in [0.1, 0.15) is 11.5 Å². The molecule has 1 aromatic carbocycles. The molecular weight excluding hydrogens is 288 g/mol. The van der Waals surface area contributed by atoms with E-state index in [2.05, 4.69) is 0 Å². The number of para-hydroxylation sites is 2. The van der Waals surface area contributed by atoms with Gasteiger partial charge in [0.15, 0.2) is 11.5 Å². The van der Waals surface area contributed by atoms with Gasteiger partial charge in [-0.2, -0.15) is 0 Å². The first-order valence-corrected chi connectivity index (χ1v) is 6.69. The van der Waals surface area contributed by atoms with E-state index < -0.39 is 11.9 Å². The molecule has 6 heteroatoms. The molecule has 0 saturated carbocycles. The molecule has 1 aliphatic carbocycles. The van der Waals surface area contributed by atoms with E-state index in [4.69, 9.17) is 18.9 Å². The van der Waals surface area contributed by atoms with Crippen LogP contribution < -0.4 is 9.47 Å². The van der Waals surface area contributed by atoms with Gasteiger partial charge in [-0.3, -0.25) is 0 Å². The van der Waals surface area contributed by atoms with Crippen LogP contribution in [0.4, 0.5) is 0 Å². The number of esters is 2. The topological polar surface area (TPSA) is 71.1 Å². The van der Waals surface area contributed by atoms with Gasteiger partial charge in [-0.05, 0) is 12.1 Å². The Morgan fingerprint density at radius 2 is 1.27 bits per heavy atom. The molecule has 0 radical (unpaired) electrons. The highest BCUT2D eigenvalue weighted by Crippen LogP contribution is 2.41. The maximum Gasteiger partial charge on any atom is 0.334 e. The largest absolute Gasteiger partial charge is 0.466 e. The summed E-state index contributed by atoms with van der Waals surface area (Å²) in [5, 5.41) is 0. The van der Waals surface area contributed by atoms with Crippen LogP contribution in [0.3, 0.4) is 0 Å². The van der Waals surface area contributed by atoms with Crippen molar-refractivity contribution in [3.63, 3.8) is 0 Å². The Labute approximate surface area is 126 Å². The summed E-state index contributed by atoms with van der Waals surface area (Å²) in [5.74, 6) is 1.02. The quantitative estimate of drug-likeness (QED) is 0.779. The van der Waals surface area contributed by atoms with Gasteiger partial charge >= 0.3 is 11.9 Å². The number of fused-ring (bicyclic) bond motifs is 1. The second-order valence-corrected chi connectivity index (χ2v) is 4.79. The van der Waals surface area contributed by atoms with Crippen LogP contribution in [0.1, 0.15) is 12.8 Å². The van der Waals surface area contributed by atoms with Crippen molar-refractivity contribution in [3.8, 4) is 11.5 Å². The van der Waals surface area contributed by atoms with Crippen LogP contribution in [-0.2, 0) is 19.1 Å².